The monoisotopic (exact) mass is 399 g/mol. The highest BCUT2D eigenvalue weighted by molar-refractivity contribution is 6.34. The molecule has 0 aliphatic carbocycles. The Morgan fingerprint density at radius 2 is 1.89 bits per heavy atom. The van der Waals surface area contributed by atoms with E-state index in [2.05, 4.69) is 10.6 Å². The molecule has 0 aromatic heterocycles. The van der Waals surface area contributed by atoms with Crippen LogP contribution in [0.15, 0.2) is 36.4 Å². The number of aryl methyl sites for hydroxylation is 2. The van der Waals surface area contributed by atoms with E-state index < -0.39 is 5.92 Å². The van der Waals surface area contributed by atoms with Crippen LogP contribution in [0.4, 0.5) is 17.1 Å². The van der Waals surface area contributed by atoms with Crippen molar-refractivity contribution >= 4 is 46.4 Å². The zero-order valence-electron chi connectivity index (χ0n) is 16.0. The third-order valence-electron chi connectivity index (χ3n) is 4.65. The van der Waals surface area contributed by atoms with Gasteiger partial charge in [-0.1, -0.05) is 23.7 Å². The van der Waals surface area contributed by atoms with Crippen molar-refractivity contribution in [2.75, 3.05) is 22.1 Å². The molecular weight excluding hydrogens is 378 g/mol. The predicted octanol–water partition coefficient (Wildman–Crippen LogP) is 3.91. The lowest BCUT2D eigenvalue weighted by atomic mass is 10.1. The van der Waals surface area contributed by atoms with Gasteiger partial charge < -0.3 is 15.5 Å². The molecule has 0 radical (unpaired) electrons. The Labute approximate surface area is 168 Å². The molecule has 2 aromatic rings. The van der Waals surface area contributed by atoms with Crippen LogP contribution in [0.5, 0.6) is 0 Å². The van der Waals surface area contributed by atoms with Crippen LogP contribution < -0.4 is 15.5 Å². The number of nitrogens with zero attached hydrogens (tertiary/aromatic N) is 1. The van der Waals surface area contributed by atoms with E-state index in [0.29, 0.717) is 22.1 Å². The summed E-state index contributed by atoms with van der Waals surface area (Å²) in [4.78, 5) is 38.0. The third kappa shape index (κ3) is 4.34. The van der Waals surface area contributed by atoms with E-state index in [1.807, 2.05) is 19.9 Å². The molecule has 1 atom stereocenters. The van der Waals surface area contributed by atoms with Gasteiger partial charge in [0.2, 0.25) is 17.7 Å². The van der Waals surface area contributed by atoms with Gasteiger partial charge in [-0.25, -0.2) is 0 Å². The second-order valence-corrected chi connectivity index (χ2v) is 7.47. The van der Waals surface area contributed by atoms with Gasteiger partial charge in [-0.2, -0.15) is 0 Å². The van der Waals surface area contributed by atoms with E-state index in [1.54, 1.807) is 35.2 Å². The molecule has 1 saturated heterocycles. The first-order valence-corrected chi connectivity index (χ1v) is 9.38. The first-order valence-electron chi connectivity index (χ1n) is 9.00. The maximum atomic E-state index is 12.7. The summed E-state index contributed by atoms with van der Waals surface area (Å²) in [5, 5.41) is 6.05. The highest BCUT2D eigenvalue weighted by atomic mass is 35.5. The molecule has 1 fully saturated rings. The van der Waals surface area contributed by atoms with Crippen molar-refractivity contribution in [2.24, 2.45) is 5.92 Å². The molecule has 0 spiro atoms. The van der Waals surface area contributed by atoms with E-state index in [4.69, 9.17) is 11.6 Å². The van der Waals surface area contributed by atoms with Gasteiger partial charge in [-0.15, -0.1) is 0 Å². The molecule has 2 N–H and O–H groups in total. The smallest absolute Gasteiger partial charge is 0.229 e. The fraction of sp³-hybridized carbons (Fsp3) is 0.286. The Balaban J connectivity index is 1.74. The molecule has 2 aromatic carbocycles. The third-order valence-corrected chi connectivity index (χ3v) is 4.95. The topological polar surface area (TPSA) is 78.5 Å². The van der Waals surface area contributed by atoms with Crippen molar-refractivity contribution < 1.29 is 14.4 Å². The van der Waals surface area contributed by atoms with Gasteiger partial charge in [-0.05, 0) is 49.2 Å². The Hall–Kier alpha value is -2.86. The van der Waals surface area contributed by atoms with Crippen molar-refractivity contribution in [1.29, 1.82) is 0 Å². The lowest BCUT2D eigenvalue weighted by Gasteiger charge is -2.18. The van der Waals surface area contributed by atoms with Crippen LogP contribution in [0.2, 0.25) is 5.02 Å². The molecule has 1 aliphatic rings. The van der Waals surface area contributed by atoms with Crippen molar-refractivity contribution in [3.05, 3.63) is 52.5 Å². The molecule has 7 heteroatoms. The van der Waals surface area contributed by atoms with Crippen LogP contribution in [0, 0.1) is 19.8 Å². The number of anilines is 3. The molecule has 28 heavy (non-hydrogen) atoms. The minimum Gasteiger partial charge on any atom is -0.326 e. The zero-order valence-corrected chi connectivity index (χ0v) is 16.8. The SMILES string of the molecule is CC(=O)Nc1cccc(N2CC(C(=O)Nc3c(C)cc(C)cc3Cl)CC2=O)c1. The second kappa shape index (κ2) is 8.02. The zero-order chi connectivity index (χ0) is 20.4. The molecule has 6 nitrogen and oxygen atoms in total. The molecule has 3 amide bonds. The molecule has 0 saturated carbocycles. The summed E-state index contributed by atoms with van der Waals surface area (Å²) >= 11 is 6.27. The highest BCUT2D eigenvalue weighted by Crippen LogP contribution is 2.31. The van der Waals surface area contributed by atoms with E-state index in [9.17, 15) is 14.4 Å². The summed E-state index contributed by atoms with van der Waals surface area (Å²) in [7, 11) is 0. The molecule has 1 heterocycles. The largest absolute Gasteiger partial charge is 0.326 e. The molecule has 0 bridgehead atoms. The lowest BCUT2D eigenvalue weighted by molar-refractivity contribution is -0.122. The van der Waals surface area contributed by atoms with Gasteiger partial charge >= 0.3 is 0 Å². The number of amides is 3. The average Bonchev–Trinajstić information content (AvgIpc) is 2.99. The Morgan fingerprint density at radius 3 is 2.57 bits per heavy atom. The number of benzene rings is 2. The number of carbonyl (C=O) groups excluding carboxylic acids is 3. The van der Waals surface area contributed by atoms with E-state index in [1.165, 1.54) is 6.92 Å². The second-order valence-electron chi connectivity index (χ2n) is 7.06. The summed E-state index contributed by atoms with van der Waals surface area (Å²) in [5.74, 6) is -1.03. The van der Waals surface area contributed by atoms with Crippen LogP contribution in [-0.2, 0) is 14.4 Å². The van der Waals surface area contributed by atoms with E-state index >= 15 is 0 Å². The van der Waals surface area contributed by atoms with E-state index in [0.717, 1.165) is 11.1 Å². The van der Waals surface area contributed by atoms with Crippen molar-refractivity contribution in [2.45, 2.75) is 27.2 Å². The number of halogens is 1. The Bertz CT molecular complexity index is 935. The molecule has 146 valence electrons. The van der Waals surface area contributed by atoms with Gasteiger partial charge in [0.1, 0.15) is 0 Å². The first kappa shape index (κ1) is 19.9. The van der Waals surface area contributed by atoms with Crippen LogP contribution in [0.25, 0.3) is 0 Å². The van der Waals surface area contributed by atoms with Crippen molar-refractivity contribution in [1.82, 2.24) is 0 Å². The summed E-state index contributed by atoms with van der Waals surface area (Å²) in [6.45, 7) is 5.52. The van der Waals surface area contributed by atoms with Gasteiger partial charge in [0.25, 0.3) is 0 Å². The van der Waals surface area contributed by atoms with Crippen molar-refractivity contribution in [3.8, 4) is 0 Å². The molecule has 1 unspecified atom stereocenters. The number of carbonyl (C=O) groups is 3. The van der Waals surface area contributed by atoms with Gasteiger partial charge in [0, 0.05) is 31.3 Å². The van der Waals surface area contributed by atoms with Crippen LogP contribution in [-0.4, -0.2) is 24.3 Å². The van der Waals surface area contributed by atoms with Crippen molar-refractivity contribution in [3.63, 3.8) is 0 Å². The van der Waals surface area contributed by atoms with Crippen LogP contribution in [0.1, 0.15) is 24.5 Å². The summed E-state index contributed by atoms with van der Waals surface area (Å²) in [6, 6.07) is 10.8. The van der Waals surface area contributed by atoms with Gasteiger partial charge in [-0.3, -0.25) is 14.4 Å². The maximum Gasteiger partial charge on any atom is 0.229 e. The molecule has 3 rings (SSSR count). The van der Waals surface area contributed by atoms with E-state index in [-0.39, 0.29) is 30.7 Å². The Morgan fingerprint density at radius 1 is 1.14 bits per heavy atom. The van der Waals surface area contributed by atoms with Crippen LogP contribution in [0.3, 0.4) is 0 Å². The van der Waals surface area contributed by atoms with Gasteiger partial charge in [0.05, 0.1) is 16.6 Å². The lowest BCUT2D eigenvalue weighted by Crippen LogP contribution is -2.28. The first-order chi connectivity index (χ1) is 13.2. The fourth-order valence-corrected chi connectivity index (χ4v) is 3.76. The number of hydrogen-bond donors (Lipinski definition) is 2. The summed E-state index contributed by atoms with van der Waals surface area (Å²) < 4.78 is 0. The minimum atomic E-state index is -0.478. The Kier molecular flexibility index (Phi) is 5.70. The van der Waals surface area contributed by atoms with Crippen LogP contribution >= 0.6 is 11.6 Å². The van der Waals surface area contributed by atoms with Gasteiger partial charge in [0.15, 0.2) is 0 Å². The standard InChI is InChI=1S/C21H22ClN3O3/c1-12-7-13(2)20(18(22)8-12)24-21(28)15-9-19(27)25(11-15)17-6-4-5-16(10-17)23-14(3)26/h4-8,10,15H,9,11H2,1-3H3,(H,23,26)(H,24,28). The predicted molar refractivity (Wildman–Crippen MR) is 111 cm³/mol. The number of rotatable bonds is 4. The highest BCUT2D eigenvalue weighted by Gasteiger charge is 2.35. The number of nitrogens with one attached hydrogen (secondary N) is 2. The molecule has 1 aliphatic heterocycles. The summed E-state index contributed by atoms with van der Waals surface area (Å²) in [6.07, 6.45) is 0.124. The fourth-order valence-electron chi connectivity index (χ4n) is 3.39. The average molecular weight is 400 g/mol. The quantitative estimate of drug-likeness (QED) is 0.818. The molecular formula is C21H22ClN3O3. The minimum absolute atomic E-state index is 0.124. The number of hydrogen-bond acceptors (Lipinski definition) is 3. The summed E-state index contributed by atoms with van der Waals surface area (Å²) in [5.41, 5.74) is 3.73. The maximum absolute atomic E-state index is 12.7. The normalized spacial score (nSPS) is 16.2.